The number of ether oxygens (including phenoxy) is 1. The lowest BCUT2D eigenvalue weighted by Crippen LogP contribution is -2.09. The summed E-state index contributed by atoms with van der Waals surface area (Å²) in [5.74, 6) is -0.680. The van der Waals surface area contributed by atoms with E-state index in [1.54, 1.807) is 0 Å². The van der Waals surface area contributed by atoms with E-state index >= 15 is 0 Å². The molecule has 3 aromatic rings. The van der Waals surface area contributed by atoms with Crippen LogP contribution in [0.4, 0.5) is 4.39 Å². The Morgan fingerprint density at radius 1 is 1.28 bits per heavy atom. The van der Waals surface area contributed by atoms with Gasteiger partial charge in [-0.25, -0.2) is 4.39 Å². The van der Waals surface area contributed by atoms with Gasteiger partial charge in [0.15, 0.2) is 6.61 Å². The lowest BCUT2D eigenvalue weighted by Gasteiger charge is -2.05. The number of hydrogen-bond donors (Lipinski definition) is 0. The summed E-state index contributed by atoms with van der Waals surface area (Å²) in [6.07, 6.45) is -0.280. The van der Waals surface area contributed by atoms with Crippen LogP contribution in [0.1, 0.15) is 11.5 Å². The molecule has 0 saturated carbocycles. The number of rotatable bonds is 5. The zero-order valence-corrected chi connectivity index (χ0v) is 15.1. The molecule has 8 heteroatoms. The molecule has 0 fully saturated rings. The van der Waals surface area contributed by atoms with Crippen LogP contribution in [-0.4, -0.2) is 16.1 Å². The van der Waals surface area contributed by atoms with Gasteiger partial charge in [-0.3, -0.25) is 4.79 Å². The van der Waals surface area contributed by atoms with Crippen LogP contribution in [0.25, 0.3) is 11.4 Å². The fourth-order valence-electron chi connectivity index (χ4n) is 2.10. The summed E-state index contributed by atoms with van der Waals surface area (Å²) >= 11 is 9.24. The molecular formula is C17H11BrClFN2O3. The first-order valence-corrected chi connectivity index (χ1v) is 8.37. The van der Waals surface area contributed by atoms with Crippen molar-refractivity contribution in [3.05, 3.63) is 69.2 Å². The summed E-state index contributed by atoms with van der Waals surface area (Å²) < 4.78 is 24.6. The van der Waals surface area contributed by atoms with Crippen molar-refractivity contribution in [3.63, 3.8) is 0 Å². The van der Waals surface area contributed by atoms with Gasteiger partial charge in [-0.15, -0.1) is 0 Å². The maximum Gasteiger partial charge on any atom is 0.310 e. The summed E-state index contributed by atoms with van der Waals surface area (Å²) in [4.78, 5) is 16.0. The maximum atomic E-state index is 13.7. The molecule has 0 radical (unpaired) electrons. The Morgan fingerprint density at radius 2 is 2.08 bits per heavy atom. The van der Waals surface area contributed by atoms with Gasteiger partial charge in [0.05, 0.1) is 6.42 Å². The van der Waals surface area contributed by atoms with Crippen molar-refractivity contribution < 1.29 is 18.4 Å². The molecule has 25 heavy (non-hydrogen) atoms. The molecule has 0 unspecified atom stereocenters. The normalized spacial score (nSPS) is 10.7. The minimum Gasteiger partial charge on any atom is -0.455 e. The van der Waals surface area contributed by atoms with Gasteiger partial charge in [0.1, 0.15) is 5.82 Å². The highest BCUT2D eigenvalue weighted by molar-refractivity contribution is 9.10. The Morgan fingerprint density at radius 3 is 2.84 bits per heavy atom. The van der Waals surface area contributed by atoms with E-state index < -0.39 is 11.8 Å². The second kappa shape index (κ2) is 7.76. The van der Waals surface area contributed by atoms with Crippen molar-refractivity contribution in [2.75, 3.05) is 0 Å². The first-order chi connectivity index (χ1) is 12.0. The zero-order valence-electron chi connectivity index (χ0n) is 12.7. The van der Waals surface area contributed by atoms with Crippen molar-refractivity contribution in [2.45, 2.75) is 13.0 Å². The van der Waals surface area contributed by atoms with E-state index in [1.165, 1.54) is 18.2 Å². The van der Waals surface area contributed by atoms with E-state index in [-0.39, 0.29) is 29.5 Å². The number of benzene rings is 2. The molecule has 0 aliphatic carbocycles. The topological polar surface area (TPSA) is 65.2 Å². The average Bonchev–Trinajstić information content (AvgIpc) is 3.06. The van der Waals surface area contributed by atoms with Gasteiger partial charge in [0.25, 0.3) is 5.89 Å². The van der Waals surface area contributed by atoms with Crippen molar-refractivity contribution in [2.24, 2.45) is 0 Å². The number of carbonyl (C=O) groups excluding carboxylic acids is 1. The quantitative estimate of drug-likeness (QED) is 0.560. The van der Waals surface area contributed by atoms with Gasteiger partial charge in [-0.2, -0.15) is 4.98 Å². The van der Waals surface area contributed by atoms with Crippen LogP contribution in [0.15, 0.2) is 51.5 Å². The third-order valence-corrected chi connectivity index (χ3v) is 4.14. The van der Waals surface area contributed by atoms with E-state index in [9.17, 15) is 9.18 Å². The smallest absolute Gasteiger partial charge is 0.310 e. The fourth-order valence-corrected chi connectivity index (χ4v) is 2.73. The number of hydrogen-bond acceptors (Lipinski definition) is 5. The van der Waals surface area contributed by atoms with Crippen molar-refractivity contribution in [1.29, 1.82) is 0 Å². The van der Waals surface area contributed by atoms with Gasteiger partial charge in [0.2, 0.25) is 5.82 Å². The van der Waals surface area contributed by atoms with E-state index in [0.29, 0.717) is 5.82 Å². The van der Waals surface area contributed by atoms with Crippen LogP contribution in [0.3, 0.4) is 0 Å². The minimum atomic E-state index is -0.644. The van der Waals surface area contributed by atoms with Gasteiger partial charge >= 0.3 is 5.97 Å². The van der Waals surface area contributed by atoms with E-state index in [2.05, 4.69) is 26.1 Å². The average molecular weight is 426 g/mol. The van der Waals surface area contributed by atoms with Crippen LogP contribution in [0.5, 0.6) is 0 Å². The molecule has 0 amide bonds. The Kier molecular flexibility index (Phi) is 5.45. The highest BCUT2D eigenvalue weighted by Crippen LogP contribution is 2.21. The Bertz CT molecular complexity index is 896. The molecule has 0 bridgehead atoms. The van der Waals surface area contributed by atoms with Gasteiger partial charge in [0, 0.05) is 20.6 Å². The number of halogens is 3. The predicted octanol–water partition coefficient (Wildman–Crippen LogP) is 4.58. The summed E-state index contributed by atoms with van der Waals surface area (Å²) in [6, 6.07) is 11.6. The molecule has 1 heterocycles. The van der Waals surface area contributed by atoms with Crippen molar-refractivity contribution in [1.82, 2.24) is 10.1 Å². The first kappa shape index (κ1) is 17.6. The highest BCUT2D eigenvalue weighted by atomic mass is 79.9. The molecule has 0 aliphatic heterocycles. The van der Waals surface area contributed by atoms with Crippen LogP contribution in [0.2, 0.25) is 5.02 Å². The molecule has 5 nitrogen and oxygen atoms in total. The second-order valence-corrected chi connectivity index (χ2v) is 6.38. The number of esters is 1. The van der Waals surface area contributed by atoms with Crippen molar-refractivity contribution >= 4 is 33.5 Å². The summed E-state index contributed by atoms with van der Waals surface area (Å²) in [5.41, 5.74) is 0.850. The van der Waals surface area contributed by atoms with Gasteiger partial charge in [-0.1, -0.05) is 50.9 Å². The molecule has 3 rings (SSSR count). The number of aromatic nitrogens is 2. The summed E-state index contributed by atoms with van der Waals surface area (Å²) in [7, 11) is 0. The van der Waals surface area contributed by atoms with Gasteiger partial charge in [-0.05, 0) is 24.3 Å². The van der Waals surface area contributed by atoms with Crippen molar-refractivity contribution in [3.8, 4) is 11.4 Å². The Labute approximate surface area is 155 Å². The molecular weight excluding hydrogens is 415 g/mol. The monoisotopic (exact) mass is 424 g/mol. The number of carbonyl (C=O) groups is 1. The summed E-state index contributed by atoms with van der Waals surface area (Å²) in [5, 5.41) is 4.01. The van der Waals surface area contributed by atoms with Crippen LogP contribution in [0, 0.1) is 5.82 Å². The molecule has 0 saturated heterocycles. The largest absolute Gasteiger partial charge is 0.455 e. The Hall–Kier alpha value is -2.25. The third kappa shape index (κ3) is 4.43. The summed E-state index contributed by atoms with van der Waals surface area (Å²) in [6.45, 7) is -0.202. The highest BCUT2D eigenvalue weighted by Gasteiger charge is 2.15. The predicted molar refractivity (Wildman–Crippen MR) is 92.3 cm³/mol. The van der Waals surface area contributed by atoms with E-state index in [1.807, 2.05) is 24.3 Å². The standard InChI is InChI=1S/C17H11BrClFN2O3/c18-11-4-1-3-10(7-11)17-21-15(25-22-17)9-24-16(23)8-12-13(19)5-2-6-14(12)20/h1-7H,8-9H2. The van der Waals surface area contributed by atoms with Gasteiger partial charge < -0.3 is 9.26 Å². The third-order valence-electron chi connectivity index (χ3n) is 3.29. The first-order valence-electron chi connectivity index (χ1n) is 7.20. The van der Waals surface area contributed by atoms with Crippen LogP contribution < -0.4 is 0 Å². The number of nitrogens with zero attached hydrogens (tertiary/aromatic N) is 2. The molecule has 0 spiro atoms. The van der Waals surface area contributed by atoms with E-state index in [4.69, 9.17) is 20.9 Å². The maximum absolute atomic E-state index is 13.7. The minimum absolute atomic E-state index is 0.0921. The molecule has 2 aromatic carbocycles. The molecule has 128 valence electrons. The molecule has 0 aliphatic rings. The molecule has 1 aromatic heterocycles. The second-order valence-electron chi connectivity index (χ2n) is 5.06. The lowest BCUT2D eigenvalue weighted by molar-refractivity contribution is -0.144. The van der Waals surface area contributed by atoms with Crippen LogP contribution >= 0.6 is 27.5 Å². The Balaban J connectivity index is 1.61. The fraction of sp³-hybridized carbons (Fsp3) is 0.118. The molecule has 0 N–H and O–H groups in total. The zero-order chi connectivity index (χ0) is 17.8. The van der Waals surface area contributed by atoms with E-state index in [0.717, 1.165) is 10.0 Å². The lowest BCUT2D eigenvalue weighted by atomic mass is 10.1. The van der Waals surface area contributed by atoms with Crippen LogP contribution in [-0.2, 0) is 22.6 Å². The molecule has 0 atom stereocenters. The SMILES string of the molecule is O=C(Cc1c(F)cccc1Cl)OCc1nc(-c2cccc(Br)c2)no1.